The van der Waals surface area contributed by atoms with Crippen LogP contribution in [0.15, 0.2) is 32.9 Å². The van der Waals surface area contributed by atoms with Crippen LogP contribution in [0, 0.1) is 0 Å². The summed E-state index contributed by atoms with van der Waals surface area (Å²) in [5.74, 6) is -0.994. The van der Waals surface area contributed by atoms with Crippen LogP contribution in [0.25, 0.3) is 10.8 Å². The summed E-state index contributed by atoms with van der Waals surface area (Å²) in [5, 5.41) is 10.8. The summed E-state index contributed by atoms with van der Waals surface area (Å²) in [6.45, 7) is 0. The quantitative estimate of drug-likeness (QED) is 0.336. The van der Waals surface area contributed by atoms with Gasteiger partial charge < -0.3 is 5.11 Å². The Morgan fingerprint density at radius 1 is 0.842 bits per heavy atom. The van der Waals surface area contributed by atoms with Crippen LogP contribution in [0.4, 0.5) is 0 Å². The van der Waals surface area contributed by atoms with Gasteiger partial charge in [-0.15, -0.1) is 0 Å². The van der Waals surface area contributed by atoms with E-state index >= 15 is 0 Å². The number of halogens is 6. The molecule has 2 aromatic rings. The highest BCUT2D eigenvalue weighted by Gasteiger charge is 2.23. The summed E-state index contributed by atoms with van der Waals surface area (Å²) in [7, 11) is 0. The van der Waals surface area contributed by atoms with Gasteiger partial charge in [0.2, 0.25) is 0 Å². The zero-order valence-corrected chi connectivity index (χ0v) is 18.2. The van der Waals surface area contributed by atoms with Crippen LogP contribution in [0.2, 0.25) is 0 Å². The smallest absolute Gasteiger partial charge is 0.337 e. The van der Waals surface area contributed by atoms with Crippen molar-refractivity contribution < 1.29 is 9.90 Å². The number of rotatable bonds is 1. The fourth-order valence-corrected chi connectivity index (χ4v) is 5.40. The van der Waals surface area contributed by atoms with E-state index in [9.17, 15) is 9.90 Å². The van der Waals surface area contributed by atoms with Gasteiger partial charge in [-0.05, 0) is 102 Å². The molecule has 0 aliphatic carbocycles. The molecule has 0 heterocycles. The maximum absolute atomic E-state index is 11.5. The van der Waals surface area contributed by atoms with Crippen LogP contribution in [0.5, 0.6) is 0 Å². The molecule has 0 saturated heterocycles. The summed E-state index contributed by atoms with van der Waals surface area (Å²) in [5.41, 5.74) is 0.207. The van der Waals surface area contributed by atoms with Gasteiger partial charge in [0.05, 0.1) is 5.56 Å². The molecule has 0 aromatic heterocycles. The average molecular weight is 646 g/mol. The van der Waals surface area contributed by atoms with Crippen molar-refractivity contribution in [1.29, 1.82) is 0 Å². The molecule has 8 heteroatoms. The first-order valence-corrected chi connectivity index (χ1v) is 9.40. The molecule has 0 radical (unpaired) electrons. The predicted octanol–water partition coefficient (Wildman–Crippen LogP) is 7.11. The number of hydrogen-bond donors (Lipinski definition) is 1. The number of hydrogen-bond acceptors (Lipinski definition) is 1. The molecule has 0 amide bonds. The van der Waals surface area contributed by atoms with Crippen molar-refractivity contribution in [1.82, 2.24) is 0 Å². The van der Waals surface area contributed by atoms with Gasteiger partial charge in [0.25, 0.3) is 0 Å². The third-order valence-corrected chi connectivity index (χ3v) is 9.22. The number of fused-ring (bicyclic) bond motifs is 1. The van der Waals surface area contributed by atoms with Gasteiger partial charge in [-0.3, -0.25) is 0 Å². The van der Waals surface area contributed by atoms with Crippen molar-refractivity contribution in [2.45, 2.75) is 0 Å². The molecule has 0 bridgehead atoms. The monoisotopic (exact) mass is 640 g/mol. The van der Waals surface area contributed by atoms with Crippen LogP contribution in [0.1, 0.15) is 10.4 Å². The molecule has 2 aromatic carbocycles. The van der Waals surface area contributed by atoms with E-state index in [0.29, 0.717) is 14.3 Å². The minimum absolute atomic E-state index is 0.207. The highest BCUT2D eigenvalue weighted by Crippen LogP contribution is 2.47. The Bertz CT molecular complexity index is 717. The third kappa shape index (κ3) is 2.73. The Hall–Kier alpha value is 1.05. The standard InChI is InChI=1S/C11H2Br6O2/c12-3-1-2-4(7(14)6(3)13)8(15)10(17)9(16)5(2)11(18)19/h1H,(H,18,19). The summed E-state index contributed by atoms with van der Waals surface area (Å²) < 4.78 is 4.31. The van der Waals surface area contributed by atoms with Crippen molar-refractivity contribution in [2.24, 2.45) is 0 Å². The SMILES string of the molecule is O=C(O)c1c(Br)c(Br)c(Br)c2c(Br)c(Br)c(Br)cc12. The number of aromatic carboxylic acids is 1. The van der Waals surface area contributed by atoms with Crippen molar-refractivity contribution in [3.8, 4) is 0 Å². The fourth-order valence-electron chi connectivity index (χ4n) is 1.65. The van der Waals surface area contributed by atoms with Crippen LogP contribution in [0.3, 0.4) is 0 Å². The molecule has 2 rings (SSSR count). The molecular weight excluding hydrogens is 644 g/mol. The predicted molar refractivity (Wildman–Crippen MR) is 97.1 cm³/mol. The number of benzene rings is 2. The van der Waals surface area contributed by atoms with E-state index in [1.807, 2.05) is 0 Å². The van der Waals surface area contributed by atoms with Crippen LogP contribution in [-0.2, 0) is 0 Å². The lowest BCUT2D eigenvalue weighted by molar-refractivity contribution is 0.0698. The lowest BCUT2D eigenvalue weighted by atomic mass is 10.0. The van der Waals surface area contributed by atoms with E-state index in [2.05, 4.69) is 95.6 Å². The lowest BCUT2D eigenvalue weighted by Gasteiger charge is -2.14. The molecule has 0 atom stereocenters. The van der Waals surface area contributed by atoms with Gasteiger partial charge in [0, 0.05) is 37.6 Å². The first kappa shape index (κ1) is 16.4. The van der Waals surface area contributed by atoms with Crippen molar-refractivity contribution in [3.63, 3.8) is 0 Å². The van der Waals surface area contributed by atoms with Gasteiger partial charge in [-0.1, -0.05) is 0 Å². The normalized spacial score (nSPS) is 11.1. The highest BCUT2D eigenvalue weighted by atomic mass is 79.9. The van der Waals surface area contributed by atoms with Crippen molar-refractivity contribution in [2.75, 3.05) is 0 Å². The first-order valence-electron chi connectivity index (χ1n) is 4.64. The molecule has 0 spiro atoms. The Morgan fingerprint density at radius 2 is 1.37 bits per heavy atom. The Balaban J connectivity index is 3.17. The molecular formula is C11H2Br6O2. The Kier molecular flexibility index (Phi) is 5.22. The zero-order chi connectivity index (χ0) is 14.5. The largest absolute Gasteiger partial charge is 0.478 e. The molecule has 0 aliphatic heterocycles. The summed E-state index contributed by atoms with van der Waals surface area (Å²) in [4.78, 5) is 11.5. The van der Waals surface area contributed by atoms with E-state index < -0.39 is 5.97 Å². The molecule has 0 unspecified atom stereocenters. The number of carboxylic acid groups (broad SMARTS) is 1. The van der Waals surface area contributed by atoms with Gasteiger partial charge >= 0.3 is 5.97 Å². The minimum atomic E-state index is -0.994. The van der Waals surface area contributed by atoms with Gasteiger partial charge in [0.15, 0.2) is 0 Å². The topological polar surface area (TPSA) is 37.3 Å². The fraction of sp³-hybridized carbons (Fsp3) is 0. The Morgan fingerprint density at radius 3 is 1.89 bits per heavy atom. The molecule has 0 fully saturated rings. The molecule has 0 saturated carbocycles. The van der Waals surface area contributed by atoms with Crippen molar-refractivity contribution in [3.05, 3.63) is 38.5 Å². The Labute approximate surface area is 159 Å². The molecule has 0 aliphatic rings. The molecule has 1 N–H and O–H groups in total. The second-order valence-corrected chi connectivity index (χ2v) is 8.35. The van der Waals surface area contributed by atoms with Gasteiger partial charge in [0.1, 0.15) is 0 Å². The molecule has 2 nitrogen and oxygen atoms in total. The number of carbonyl (C=O) groups is 1. The van der Waals surface area contributed by atoms with E-state index in [0.717, 1.165) is 23.3 Å². The summed E-state index contributed by atoms with van der Waals surface area (Å²) in [6, 6.07) is 1.77. The van der Waals surface area contributed by atoms with E-state index in [1.165, 1.54) is 0 Å². The average Bonchev–Trinajstić information content (AvgIpc) is 2.33. The van der Waals surface area contributed by atoms with E-state index in [4.69, 9.17) is 0 Å². The molecule has 19 heavy (non-hydrogen) atoms. The maximum atomic E-state index is 11.5. The van der Waals surface area contributed by atoms with E-state index in [1.54, 1.807) is 6.07 Å². The van der Waals surface area contributed by atoms with Gasteiger partial charge in [-0.25, -0.2) is 4.79 Å². The number of carboxylic acids is 1. The summed E-state index contributed by atoms with van der Waals surface area (Å²) in [6.07, 6.45) is 0. The lowest BCUT2D eigenvalue weighted by Crippen LogP contribution is -2.01. The first-order chi connectivity index (χ1) is 8.77. The van der Waals surface area contributed by atoms with Gasteiger partial charge in [-0.2, -0.15) is 0 Å². The third-order valence-electron chi connectivity index (χ3n) is 2.47. The minimum Gasteiger partial charge on any atom is -0.478 e. The van der Waals surface area contributed by atoms with Crippen LogP contribution >= 0.6 is 95.6 Å². The highest BCUT2D eigenvalue weighted by molar-refractivity contribution is 9.15. The summed E-state index contributed by atoms with van der Waals surface area (Å²) >= 11 is 20.5. The second kappa shape index (κ2) is 6.04. The second-order valence-electron chi connectivity index (χ2n) is 3.53. The zero-order valence-electron chi connectivity index (χ0n) is 8.70. The van der Waals surface area contributed by atoms with Crippen LogP contribution < -0.4 is 0 Å². The van der Waals surface area contributed by atoms with Crippen molar-refractivity contribution >= 4 is 112 Å². The molecule has 100 valence electrons. The maximum Gasteiger partial charge on any atom is 0.337 e. The van der Waals surface area contributed by atoms with E-state index in [-0.39, 0.29) is 5.56 Å². The van der Waals surface area contributed by atoms with Crippen LogP contribution in [-0.4, -0.2) is 11.1 Å².